The summed E-state index contributed by atoms with van der Waals surface area (Å²) in [4.78, 5) is -0.141. The maximum atomic E-state index is 12.7. The molecule has 1 N–H and O–H groups in total. The lowest BCUT2D eigenvalue weighted by Gasteiger charge is -2.20. The Morgan fingerprint density at radius 1 is 0.730 bits per heavy atom. The van der Waals surface area contributed by atoms with Gasteiger partial charge in [-0.3, -0.25) is 0 Å². The van der Waals surface area contributed by atoms with Gasteiger partial charge in [-0.15, -0.1) is 0 Å². The van der Waals surface area contributed by atoms with E-state index in [4.69, 9.17) is 4.74 Å². The molecule has 0 atom stereocenters. The van der Waals surface area contributed by atoms with Gasteiger partial charge in [0.15, 0.2) is 0 Å². The fourth-order valence-electron chi connectivity index (χ4n) is 2.95. The van der Waals surface area contributed by atoms with Crippen LogP contribution < -0.4 is 0 Å². The van der Waals surface area contributed by atoms with Crippen molar-refractivity contribution >= 4 is 9.84 Å². The van der Waals surface area contributed by atoms with Crippen molar-refractivity contribution in [3.8, 4) is 0 Å². The second-order valence-electron chi connectivity index (χ2n) is 9.01. The Morgan fingerprint density at radius 2 is 1.35 bits per heavy atom. The van der Waals surface area contributed by atoms with Crippen LogP contribution in [0.1, 0.15) is 48.5 Å². The van der Waals surface area contributed by atoms with E-state index in [1.165, 1.54) is 36.0 Å². The number of rotatable bonds is 13. The highest BCUT2D eigenvalue weighted by atomic mass is 32.2. The Balaban J connectivity index is 5.46. The lowest BCUT2D eigenvalue weighted by molar-refractivity contribution is 0.337. The molecule has 0 unspecified atom stereocenters. The van der Waals surface area contributed by atoms with Crippen molar-refractivity contribution < 1.29 is 18.3 Å². The summed E-state index contributed by atoms with van der Waals surface area (Å²) >= 11 is 0. The van der Waals surface area contributed by atoms with Crippen molar-refractivity contribution in [1.82, 2.24) is 0 Å². The van der Waals surface area contributed by atoms with Crippen LogP contribution in [0.5, 0.6) is 0 Å². The Morgan fingerprint density at radius 3 is 1.81 bits per heavy atom. The number of hydrogen-bond donors (Lipinski definition) is 1. The monoisotopic (exact) mass is 522 g/mol. The maximum Gasteiger partial charge on any atom is 0.205 e. The van der Waals surface area contributed by atoms with Crippen molar-refractivity contribution in [2.45, 2.75) is 48.5 Å². The molecule has 37 heavy (non-hydrogen) atoms. The molecule has 0 amide bonds. The third-order valence-corrected chi connectivity index (χ3v) is 6.94. The van der Waals surface area contributed by atoms with E-state index in [0.717, 1.165) is 11.1 Å². The summed E-state index contributed by atoms with van der Waals surface area (Å²) in [5.41, 5.74) is 3.02. The van der Waals surface area contributed by atoms with Crippen molar-refractivity contribution in [2.24, 2.45) is 5.41 Å². The fraction of sp³-hybridized carbons (Fsp3) is 0.250. The number of hydrogen-bond acceptors (Lipinski definition) is 4. The average Bonchev–Trinajstić information content (AvgIpc) is 2.81. The first-order valence-electron chi connectivity index (χ1n) is 11.9. The molecular weight excluding hydrogens is 480 g/mol. The summed E-state index contributed by atoms with van der Waals surface area (Å²) < 4.78 is 31.3. The standard InChI is InChI=1S/C32H42O4S/c1-12-28(24(5)16-21-29(13-2)32(9,10)11)20-18-26(7)36-30(14-3)22-19-27(8)37(34,35)31(15-4)23-17-25(6)33/h12-23,33H,5-8H2,1-4,9-11H3/b20-18-,21-16-,22-19-,23-17-,28-12+,29-13+,30-14+,31-15+. The quantitative estimate of drug-likeness (QED) is 0.194. The Hall–Kier alpha value is -3.57. The van der Waals surface area contributed by atoms with Crippen molar-refractivity contribution in [3.63, 3.8) is 0 Å². The molecule has 5 heteroatoms. The van der Waals surface area contributed by atoms with E-state index < -0.39 is 9.84 Å². The number of aliphatic hydroxyl groups is 1. The van der Waals surface area contributed by atoms with E-state index in [0.29, 0.717) is 11.5 Å². The summed E-state index contributed by atoms with van der Waals surface area (Å²) in [6, 6.07) is 0. The zero-order chi connectivity index (χ0) is 28.8. The number of allylic oxidation sites excluding steroid dienone is 15. The highest BCUT2D eigenvalue weighted by molar-refractivity contribution is 7.99. The first-order valence-corrected chi connectivity index (χ1v) is 13.4. The second kappa shape index (κ2) is 15.5. The Kier molecular flexibility index (Phi) is 14.0. The third-order valence-electron chi connectivity index (χ3n) is 5.12. The van der Waals surface area contributed by atoms with Crippen LogP contribution in [0.4, 0.5) is 0 Å². The van der Waals surface area contributed by atoms with Crippen molar-refractivity contribution in [1.29, 1.82) is 0 Å². The van der Waals surface area contributed by atoms with Gasteiger partial charge in [-0.05, 0) is 86.3 Å². The van der Waals surface area contributed by atoms with Gasteiger partial charge in [0.1, 0.15) is 17.3 Å². The molecule has 0 aromatic rings. The van der Waals surface area contributed by atoms with Gasteiger partial charge in [0.25, 0.3) is 0 Å². The minimum absolute atomic E-state index is 0.00940. The van der Waals surface area contributed by atoms with Crippen LogP contribution in [0.25, 0.3) is 0 Å². The maximum absolute atomic E-state index is 12.7. The summed E-state index contributed by atoms with van der Waals surface area (Å²) in [6.07, 6.45) is 20.1. The van der Waals surface area contributed by atoms with Gasteiger partial charge in [-0.2, -0.15) is 0 Å². The van der Waals surface area contributed by atoms with Gasteiger partial charge < -0.3 is 9.84 Å². The van der Waals surface area contributed by atoms with E-state index in [1.807, 2.05) is 32.1 Å². The van der Waals surface area contributed by atoms with Gasteiger partial charge in [0.2, 0.25) is 9.84 Å². The van der Waals surface area contributed by atoms with E-state index in [1.54, 1.807) is 26.0 Å². The molecule has 0 saturated heterocycles. The van der Waals surface area contributed by atoms with Gasteiger partial charge >= 0.3 is 0 Å². The predicted octanol–water partition coefficient (Wildman–Crippen LogP) is 9.04. The lowest BCUT2D eigenvalue weighted by Crippen LogP contribution is -2.07. The molecule has 0 aliphatic rings. The van der Waals surface area contributed by atoms with E-state index in [9.17, 15) is 13.5 Å². The summed E-state index contributed by atoms with van der Waals surface area (Å²) in [6.45, 7) is 28.9. The number of sulfone groups is 1. The number of aliphatic hydroxyl groups excluding tert-OH is 1. The normalized spacial score (nSPS) is 14.8. The van der Waals surface area contributed by atoms with Crippen LogP contribution in [0.15, 0.2) is 143 Å². The SMILES string of the molecule is C=C(O)/C=C\C(=C/C)S(=O)(=O)C(=C)/C=C\C(=C/C)OC(=C)/C=C\C(=C/C)C(=C)/C=C\C(=C/C)C(C)(C)C. The molecule has 0 heterocycles. The highest BCUT2D eigenvalue weighted by Gasteiger charge is 2.17. The van der Waals surface area contributed by atoms with Crippen LogP contribution in [0, 0.1) is 5.41 Å². The minimum atomic E-state index is -3.84. The molecular formula is C32H42O4S. The summed E-state index contributed by atoms with van der Waals surface area (Å²) in [7, 11) is -3.84. The first-order chi connectivity index (χ1) is 17.1. The summed E-state index contributed by atoms with van der Waals surface area (Å²) in [5, 5.41) is 9.21. The molecule has 0 fully saturated rings. The Bertz CT molecular complexity index is 1230. The van der Waals surface area contributed by atoms with Crippen LogP contribution in [-0.2, 0) is 14.6 Å². The van der Waals surface area contributed by atoms with Crippen LogP contribution in [0.3, 0.4) is 0 Å². The Labute approximate surface area is 224 Å². The highest BCUT2D eigenvalue weighted by Crippen LogP contribution is 2.27. The molecule has 0 bridgehead atoms. The molecule has 0 radical (unpaired) electrons. The minimum Gasteiger partial charge on any atom is -0.509 e. The summed E-state index contributed by atoms with van der Waals surface area (Å²) in [5.74, 6) is 0.515. The van der Waals surface area contributed by atoms with Gasteiger partial charge in [0.05, 0.1) is 9.81 Å². The zero-order valence-electron chi connectivity index (χ0n) is 23.3. The smallest absolute Gasteiger partial charge is 0.205 e. The van der Waals surface area contributed by atoms with Gasteiger partial charge in [-0.25, -0.2) is 8.42 Å². The lowest BCUT2D eigenvalue weighted by atomic mass is 9.85. The molecule has 0 saturated carbocycles. The van der Waals surface area contributed by atoms with E-state index in [2.05, 4.69) is 59.2 Å². The van der Waals surface area contributed by atoms with Crippen LogP contribution in [0.2, 0.25) is 0 Å². The third kappa shape index (κ3) is 11.8. The zero-order valence-corrected chi connectivity index (χ0v) is 24.2. The van der Waals surface area contributed by atoms with Crippen LogP contribution in [-0.4, -0.2) is 13.5 Å². The van der Waals surface area contributed by atoms with E-state index in [-0.39, 0.29) is 21.0 Å². The van der Waals surface area contributed by atoms with Crippen LogP contribution >= 0.6 is 0 Å². The molecule has 0 aliphatic carbocycles. The molecule has 0 aliphatic heterocycles. The molecule has 0 aromatic heterocycles. The molecule has 4 nitrogen and oxygen atoms in total. The van der Waals surface area contributed by atoms with E-state index >= 15 is 0 Å². The molecule has 0 rings (SSSR count). The average molecular weight is 523 g/mol. The molecule has 0 aromatic carbocycles. The van der Waals surface area contributed by atoms with Gasteiger partial charge in [0, 0.05) is 0 Å². The van der Waals surface area contributed by atoms with Crippen molar-refractivity contribution in [3.05, 3.63) is 143 Å². The van der Waals surface area contributed by atoms with Gasteiger partial charge in [-0.1, -0.05) is 83.5 Å². The largest absolute Gasteiger partial charge is 0.509 e. The fourth-order valence-corrected chi connectivity index (χ4v) is 4.05. The molecule has 200 valence electrons. The first kappa shape index (κ1) is 33.4. The molecule has 0 spiro atoms. The topological polar surface area (TPSA) is 63.6 Å². The second-order valence-corrected chi connectivity index (χ2v) is 11.0. The predicted molar refractivity (Wildman–Crippen MR) is 160 cm³/mol. The number of ether oxygens (including phenoxy) is 1. The van der Waals surface area contributed by atoms with Crippen molar-refractivity contribution in [2.75, 3.05) is 0 Å².